The average molecular weight is 247 g/mol. The molecular weight excluding hydrogens is 230 g/mol. The third-order valence-electron chi connectivity index (χ3n) is 3.79. The van der Waals surface area contributed by atoms with E-state index in [1.807, 2.05) is 0 Å². The molecule has 1 unspecified atom stereocenters. The van der Waals surface area contributed by atoms with Gasteiger partial charge in [-0.05, 0) is 24.7 Å². The van der Waals surface area contributed by atoms with E-state index in [9.17, 15) is 0 Å². The number of rotatable bonds is 1. The minimum Gasteiger partial charge on any atom is -0.325 e. The van der Waals surface area contributed by atoms with Crippen molar-refractivity contribution >= 4 is 16.9 Å². The lowest BCUT2D eigenvalue weighted by Crippen LogP contribution is -2.47. The highest BCUT2D eigenvalue weighted by Gasteiger charge is 2.50. The van der Waals surface area contributed by atoms with Crippen LogP contribution in [-0.4, -0.2) is 34.9 Å². The first-order valence-electron chi connectivity index (χ1n) is 5.98. The number of hydrogen-bond donors (Lipinski definition) is 0. The zero-order valence-corrected chi connectivity index (χ0v) is 11.1. The van der Waals surface area contributed by atoms with Crippen molar-refractivity contribution in [2.75, 3.05) is 19.8 Å². The molecule has 1 fully saturated rings. The third-order valence-corrected chi connectivity index (χ3v) is 4.51. The molecule has 0 aromatic heterocycles. The minimum atomic E-state index is -0.0282. The lowest BCUT2D eigenvalue weighted by atomic mass is 9.96. The zero-order chi connectivity index (χ0) is 11.9. The number of nitrogens with zero attached hydrogens (tertiary/aromatic N) is 3. The van der Waals surface area contributed by atoms with E-state index in [0.29, 0.717) is 0 Å². The molecule has 0 amide bonds. The Balaban J connectivity index is 2.07. The molecule has 2 aliphatic heterocycles. The van der Waals surface area contributed by atoms with E-state index in [1.54, 1.807) is 11.8 Å². The van der Waals surface area contributed by atoms with Crippen LogP contribution in [0.4, 0.5) is 0 Å². The van der Waals surface area contributed by atoms with Crippen molar-refractivity contribution in [3.05, 3.63) is 35.9 Å². The molecule has 0 bridgehead atoms. The normalized spacial score (nSPS) is 27.3. The van der Waals surface area contributed by atoms with Crippen LogP contribution in [0.1, 0.15) is 18.4 Å². The van der Waals surface area contributed by atoms with E-state index < -0.39 is 0 Å². The second-order valence-corrected chi connectivity index (χ2v) is 5.33. The molecule has 0 saturated carbocycles. The molecule has 2 heterocycles. The van der Waals surface area contributed by atoms with Crippen LogP contribution in [0.2, 0.25) is 0 Å². The quantitative estimate of drug-likeness (QED) is 0.760. The predicted octanol–water partition coefficient (Wildman–Crippen LogP) is 2.51. The Hall–Kier alpha value is -1.16. The molecule has 0 spiro atoms. The SMILES string of the molecule is CSC1=NN2CCCC2(c2ccccc2)N1C. The summed E-state index contributed by atoms with van der Waals surface area (Å²) in [5.74, 6) is 0. The molecule has 0 N–H and O–H groups in total. The van der Waals surface area contributed by atoms with Crippen LogP contribution in [0, 0.1) is 0 Å². The standard InChI is InChI=1S/C13H17N3S/c1-15-12(17-2)14-16-10-6-9-13(15,16)11-7-4-3-5-8-11/h3-5,7-8H,6,9-10H2,1-2H3. The van der Waals surface area contributed by atoms with Gasteiger partial charge in [0.15, 0.2) is 10.8 Å². The highest BCUT2D eigenvalue weighted by atomic mass is 32.2. The number of benzene rings is 1. The molecule has 17 heavy (non-hydrogen) atoms. The van der Waals surface area contributed by atoms with Crippen molar-refractivity contribution in [2.24, 2.45) is 5.10 Å². The molecule has 2 aliphatic rings. The molecule has 90 valence electrons. The van der Waals surface area contributed by atoms with Crippen LogP contribution in [0.5, 0.6) is 0 Å². The summed E-state index contributed by atoms with van der Waals surface area (Å²) >= 11 is 1.72. The molecule has 1 atom stereocenters. The Bertz CT molecular complexity index is 445. The summed E-state index contributed by atoms with van der Waals surface area (Å²) < 4.78 is 0. The highest BCUT2D eigenvalue weighted by Crippen LogP contribution is 2.46. The van der Waals surface area contributed by atoms with Gasteiger partial charge >= 0.3 is 0 Å². The molecule has 3 nitrogen and oxygen atoms in total. The Labute approximate surface area is 106 Å². The Morgan fingerprint density at radius 3 is 2.76 bits per heavy atom. The number of fused-ring (bicyclic) bond motifs is 1. The minimum absolute atomic E-state index is 0.0282. The fourth-order valence-electron chi connectivity index (χ4n) is 2.96. The van der Waals surface area contributed by atoms with E-state index >= 15 is 0 Å². The molecular formula is C13H17N3S. The van der Waals surface area contributed by atoms with Gasteiger partial charge in [0.2, 0.25) is 0 Å². The Kier molecular flexibility index (Phi) is 2.54. The lowest BCUT2D eigenvalue weighted by molar-refractivity contribution is 0.0626. The Morgan fingerprint density at radius 1 is 1.29 bits per heavy atom. The molecule has 0 radical (unpaired) electrons. The molecule has 1 aromatic carbocycles. The largest absolute Gasteiger partial charge is 0.325 e. The van der Waals surface area contributed by atoms with Gasteiger partial charge in [-0.15, -0.1) is 5.10 Å². The second kappa shape index (κ2) is 3.95. The van der Waals surface area contributed by atoms with Gasteiger partial charge in [0.25, 0.3) is 0 Å². The summed E-state index contributed by atoms with van der Waals surface area (Å²) in [6.45, 7) is 1.06. The molecule has 1 saturated heterocycles. The van der Waals surface area contributed by atoms with Crippen molar-refractivity contribution in [1.29, 1.82) is 0 Å². The molecule has 1 aromatic rings. The van der Waals surface area contributed by atoms with Gasteiger partial charge in [-0.25, -0.2) is 0 Å². The summed E-state index contributed by atoms with van der Waals surface area (Å²) in [7, 11) is 2.16. The van der Waals surface area contributed by atoms with Crippen LogP contribution in [-0.2, 0) is 5.66 Å². The van der Waals surface area contributed by atoms with E-state index in [0.717, 1.165) is 18.1 Å². The van der Waals surface area contributed by atoms with E-state index in [1.165, 1.54) is 12.0 Å². The van der Waals surface area contributed by atoms with Crippen LogP contribution < -0.4 is 0 Å². The van der Waals surface area contributed by atoms with Crippen molar-refractivity contribution in [2.45, 2.75) is 18.5 Å². The van der Waals surface area contributed by atoms with Crippen LogP contribution in [0.25, 0.3) is 0 Å². The smallest absolute Gasteiger partial charge is 0.184 e. The maximum atomic E-state index is 4.74. The first kappa shape index (κ1) is 11.0. The average Bonchev–Trinajstić information content (AvgIpc) is 2.90. The van der Waals surface area contributed by atoms with E-state index in [2.05, 4.69) is 53.5 Å². The summed E-state index contributed by atoms with van der Waals surface area (Å²) in [4.78, 5) is 2.33. The fourth-order valence-corrected chi connectivity index (χ4v) is 3.57. The Morgan fingerprint density at radius 2 is 2.06 bits per heavy atom. The number of hydrogen-bond acceptors (Lipinski definition) is 4. The summed E-state index contributed by atoms with van der Waals surface area (Å²) in [5, 5.41) is 8.11. The first-order valence-corrected chi connectivity index (χ1v) is 7.21. The third kappa shape index (κ3) is 1.40. The van der Waals surface area contributed by atoms with Gasteiger partial charge in [0.05, 0.1) is 0 Å². The van der Waals surface area contributed by atoms with Gasteiger partial charge < -0.3 is 4.90 Å². The van der Waals surface area contributed by atoms with Crippen molar-refractivity contribution in [3.63, 3.8) is 0 Å². The van der Waals surface area contributed by atoms with Gasteiger partial charge in [-0.2, -0.15) is 0 Å². The lowest BCUT2D eigenvalue weighted by Gasteiger charge is -2.38. The summed E-state index contributed by atoms with van der Waals surface area (Å²) in [6, 6.07) is 10.7. The number of hydrazone groups is 1. The number of thioether (sulfide) groups is 1. The summed E-state index contributed by atoms with van der Waals surface area (Å²) in [5.41, 5.74) is 1.33. The van der Waals surface area contributed by atoms with Crippen LogP contribution >= 0.6 is 11.8 Å². The topological polar surface area (TPSA) is 18.8 Å². The zero-order valence-electron chi connectivity index (χ0n) is 10.3. The van der Waals surface area contributed by atoms with E-state index in [4.69, 9.17) is 5.10 Å². The van der Waals surface area contributed by atoms with Gasteiger partial charge in [-0.3, -0.25) is 5.01 Å². The first-order chi connectivity index (χ1) is 8.29. The van der Waals surface area contributed by atoms with Gasteiger partial charge in [0.1, 0.15) is 0 Å². The van der Waals surface area contributed by atoms with Crippen molar-refractivity contribution < 1.29 is 0 Å². The van der Waals surface area contributed by atoms with Crippen molar-refractivity contribution in [3.8, 4) is 0 Å². The molecule has 0 aliphatic carbocycles. The molecule has 4 heteroatoms. The highest BCUT2D eigenvalue weighted by molar-refractivity contribution is 8.13. The van der Waals surface area contributed by atoms with Crippen LogP contribution in [0.3, 0.4) is 0 Å². The van der Waals surface area contributed by atoms with Crippen LogP contribution in [0.15, 0.2) is 35.4 Å². The predicted molar refractivity (Wildman–Crippen MR) is 72.8 cm³/mol. The van der Waals surface area contributed by atoms with E-state index in [-0.39, 0.29) is 5.66 Å². The fraction of sp³-hybridized carbons (Fsp3) is 0.462. The molecule has 3 rings (SSSR count). The van der Waals surface area contributed by atoms with Crippen molar-refractivity contribution in [1.82, 2.24) is 9.91 Å². The second-order valence-electron chi connectivity index (χ2n) is 4.56. The maximum absolute atomic E-state index is 4.74. The van der Waals surface area contributed by atoms with Gasteiger partial charge in [-0.1, -0.05) is 42.1 Å². The maximum Gasteiger partial charge on any atom is 0.184 e. The number of amidine groups is 1. The monoisotopic (exact) mass is 247 g/mol. The summed E-state index contributed by atoms with van der Waals surface area (Å²) in [6.07, 6.45) is 4.46. The van der Waals surface area contributed by atoms with Gasteiger partial charge in [0, 0.05) is 13.6 Å².